The van der Waals surface area contributed by atoms with Gasteiger partial charge in [0.25, 0.3) is 0 Å². The molecule has 0 saturated carbocycles. The maximum Gasteiger partial charge on any atom is 0.371 e. The van der Waals surface area contributed by atoms with Crippen LogP contribution in [0, 0.1) is 11.3 Å². The zero-order valence-corrected chi connectivity index (χ0v) is 9.38. The monoisotopic (exact) mass is 242 g/mol. The molecule has 0 aliphatic heterocycles. The summed E-state index contributed by atoms with van der Waals surface area (Å²) < 4.78 is 5.10. The van der Waals surface area contributed by atoms with Gasteiger partial charge in [-0.15, -0.1) is 0 Å². The fourth-order valence-corrected chi connectivity index (χ4v) is 1.44. The molecule has 2 N–H and O–H groups in total. The highest BCUT2D eigenvalue weighted by Gasteiger charge is 2.08. The Morgan fingerprint density at radius 1 is 1.28 bits per heavy atom. The lowest BCUT2D eigenvalue weighted by atomic mass is 10.2. The largest absolute Gasteiger partial charge is 0.475 e. The van der Waals surface area contributed by atoms with Crippen LogP contribution in [-0.4, -0.2) is 11.1 Å². The third-order valence-corrected chi connectivity index (χ3v) is 2.35. The molecule has 0 saturated heterocycles. The molecule has 2 rings (SSSR count). The highest BCUT2D eigenvalue weighted by Crippen LogP contribution is 2.12. The molecule has 1 aromatic carbocycles. The van der Waals surface area contributed by atoms with Crippen LogP contribution in [0.3, 0.4) is 0 Å². The summed E-state index contributed by atoms with van der Waals surface area (Å²) in [5.41, 5.74) is 1.42. The first-order chi connectivity index (χ1) is 8.69. The average molecular weight is 242 g/mol. The molecular formula is C13H10N2O3. The topological polar surface area (TPSA) is 86.3 Å². The van der Waals surface area contributed by atoms with E-state index in [2.05, 4.69) is 5.32 Å². The van der Waals surface area contributed by atoms with E-state index in [-0.39, 0.29) is 5.76 Å². The van der Waals surface area contributed by atoms with Crippen molar-refractivity contribution in [1.82, 2.24) is 0 Å². The van der Waals surface area contributed by atoms with Gasteiger partial charge in [0.15, 0.2) is 0 Å². The second kappa shape index (κ2) is 5.06. The predicted octanol–water partition coefficient (Wildman–Crippen LogP) is 2.46. The number of nitrogens with zero attached hydrogens (tertiary/aromatic N) is 1. The summed E-state index contributed by atoms with van der Waals surface area (Å²) in [5, 5.41) is 20.4. The first-order valence-electron chi connectivity index (χ1n) is 5.25. The molecule has 0 fully saturated rings. The minimum absolute atomic E-state index is 0.0772. The highest BCUT2D eigenvalue weighted by molar-refractivity contribution is 5.84. The second-order valence-electron chi connectivity index (χ2n) is 3.61. The third-order valence-electron chi connectivity index (χ3n) is 2.35. The number of aromatic carboxylic acids is 1. The number of rotatable bonds is 4. The zero-order chi connectivity index (χ0) is 13.0. The minimum atomic E-state index is -1.08. The predicted molar refractivity (Wildman–Crippen MR) is 64.2 cm³/mol. The van der Waals surface area contributed by atoms with E-state index >= 15 is 0 Å². The summed E-state index contributed by atoms with van der Waals surface area (Å²) in [4.78, 5) is 10.6. The summed E-state index contributed by atoms with van der Waals surface area (Å²) >= 11 is 0. The van der Waals surface area contributed by atoms with E-state index in [1.165, 1.54) is 6.07 Å². The Morgan fingerprint density at radius 3 is 2.56 bits per heavy atom. The van der Waals surface area contributed by atoms with Gasteiger partial charge in [-0.1, -0.05) is 0 Å². The maximum absolute atomic E-state index is 10.6. The van der Waals surface area contributed by atoms with Crippen LogP contribution in [0.4, 0.5) is 5.69 Å². The lowest BCUT2D eigenvalue weighted by molar-refractivity contribution is 0.0660. The molecule has 5 nitrogen and oxygen atoms in total. The van der Waals surface area contributed by atoms with Gasteiger partial charge in [0.1, 0.15) is 5.76 Å². The van der Waals surface area contributed by atoms with Gasteiger partial charge in [-0.05, 0) is 36.4 Å². The van der Waals surface area contributed by atoms with E-state index in [1.807, 2.05) is 6.07 Å². The Balaban J connectivity index is 1.98. The number of hydrogen-bond acceptors (Lipinski definition) is 4. The van der Waals surface area contributed by atoms with Gasteiger partial charge in [-0.2, -0.15) is 5.26 Å². The van der Waals surface area contributed by atoms with Crippen molar-refractivity contribution in [3.63, 3.8) is 0 Å². The van der Waals surface area contributed by atoms with Crippen molar-refractivity contribution in [3.05, 3.63) is 53.5 Å². The number of benzene rings is 1. The minimum Gasteiger partial charge on any atom is -0.475 e. The highest BCUT2D eigenvalue weighted by atomic mass is 16.4. The molecule has 0 atom stereocenters. The summed E-state index contributed by atoms with van der Waals surface area (Å²) in [5.74, 6) is -0.622. The quantitative estimate of drug-likeness (QED) is 0.860. The van der Waals surface area contributed by atoms with Crippen molar-refractivity contribution in [2.24, 2.45) is 0 Å². The molecule has 5 heteroatoms. The van der Waals surface area contributed by atoms with E-state index in [1.54, 1.807) is 30.3 Å². The zero-order valence-electron chi connectivity index (χ0n) is 9.38. The van der Waals surface area contributed by atoms with Crippen LogP contribution in [0.2, 0.25) is 0 Å². The third kappa shape index (κ3) is 2.68. The van der Waals surface area contributed by atoms with Crippen molar-refractivity contribution in [1.29, 1.82) is 5.26 Å². The maximum atomic E-state index is 10.6. The number of carboxylic acid groups (broad SMARTS) is 1. The average Bonchev–Trinajstić information content (AvgIpc) is 2.86. The van der Waals surface area contributed by atoms with Crippen LogP contribution in [-0.2, 0) is 6.54 Å². The lowest BCUT2D eigenvalue weighted by Crippen LogP contribution is -1.98. The van der Waals surface area contributed by atoms with Crippen LogP contribution >= 0.6 is 0 Å². The Kier molecular flexibility index (Phi) is 3.30. The summed E-state index contributed by atoms with van der Waals surface area (Å²) in [6.45, 7) is 0.388. The van der Waals surface area contributed by atoms with Crippen LogP contribution in [0.25, 0.3) is 0 Å². The van der Waals surface area contributed by atoms with Crippen molar-refractivity contribution >= 4 is 11.7 Å². The van der Waals surface area contributed by atoms with Crippen molar-refractivity contribution in [2.45, 2.75) is 6.54 Å². The molecular weight excluding hydrogens is 232 g/mol. The Hall–Kier alpha value is -2.74. The number of hydrogen-bond donors (Lipinski definition) is 2. The van der Waals surface area contributed by atoms with Gasteiger partial charge >= 0.3 is 5.97 Å². The van der Waals surface area contributed by atoms with E-state index in [9.17, 15) is 4.79 Å². The van der Waals surface area contributed by atoms with Gasteiger partial charge in [0.2, 0.25) is 5.76 Å². The Morgan fingerprint density at radius 2 is 2.00 bits per heavy atom. The molecule has 0 unspecified atom stereocenters. The number of furan rings is 1. The Labute approximate surface area is 103 Å². The molecule has 0 amide bonds. The van der Waals surface area contributed by atoms with E-state index in [0.717, 1.165) is 5.69 Å². The number of carboxylic acids is 1. The standard InChI is InChI=1S/C13H10N2O3/c14-7-9-1-3-10(4-2-9)15-8-11-5-6-12(18-11)13(16)17/h1-6,15H,8H2,(H,16,17). The van der Waals surface area contributed by atoms with Gasteiger partial charge in [0.05, 0.1) is 18.2 Å². The van der Waals surface area contributed by atoms with Gasteiger partial charge in [-0.25, -0.2) is 4.79 Å². The number of nitrogens with one attached hydrogen (secondary N) is 1. The summed E-state index contributed by atoms with van der Waals surface area (Å²) in [7, 11) is 0. The lowest BCUT2D eigenvalue weighted by Gasteiger charge is -2.03. The van der Waals surface area contributed by atoms with Crippen molar-refractivity contribution in [2.75, 3.05) is 5.32 Å². The number of anilines is 1. The smallest absolute Gasteiger partial charge is 0.371 e. The first kappa shape index (κ1) is 11.7. The van der Waals surface area contributed by atoms with E-state index < -0.39 is 5.97 Å². The van der Waals surface area contributed by atoms with Crippen molar-refractivity contribution in [3.8, 4) is 6.07 Å². The fraction of sp³-hybridized carbons (Fsp3) is 0.0769. The molecule has 0 radical (unpaired) electrons. The Bertz CT molecular complexity index is 593. The van der Waals surface area contributed by atoms with Gasteiger partial charge < -0.3 is 14.8 Å². The number of carbonyl (C=O) groups is 1. The molecule has 90 valence electrons. The molecule has 0 aliphatic carbocycles. The van der Waals surface area contributed by atoms with Crippen molar-refractivity contribution < 1.29 is 14.3 Å². The SMILES string of the molecule is N#Cc1ccc(NCc2ccc(C(=O)O)o2)cc1. The summed E-state index contributed by atoms with van der Waals surface area (Å²) in [6.07, 6.45) is 0. The molecule has 1 heterocycles. The molecule has 0 bridgehead atoms. The second-order valence-corrected chi connectivity index (χ2v) is 3.61. The van der Waals surface area contributed by atoms with Crippen LogP contribution in [0.1, 0.15) is 21.9 Å². The fourth-order valence-electron chi connectivity index (χ4n) is 1.44. The summed E-state index contributed by atoms with van der Waals surface area (Å²) in [6, 6.07) is 12.0. The van der Waals surface area contributed by atoms with Gasteiger partial charge in [-0.3, -0.25) is 0 Å². The van der Waals surface area contributed by atoms with E-state index in [4.69, 9.17) is 14.8 Å². The van der Waals surface area contributed by atoms with Crippen LogP contribution in [0.5, 0.6) is 0 Å². The number of nitriles is 1. The molecule has 18 heavy (non-hydrogen) atoms. The van der Waals surface area contributed by atoms with E-state index in [0.29, 0.717) is 17.9 Å². The molecule has 0 aliphatic rings. The van der Waals surface area contributed by atoms with Gasteiger partial charge in [0, 0.05) is 5.69 Å². The first-order valence-corrected chi connectivity index (χ1v) is 5.25. The molecule has 0 spiro atoms. The molecule has 1 aromatic heterocycles. The van der Waals surface area contributed by atoms with Crippen LogP contribution in [0.15, 0.2) is 40.8 Å². The molecule has 2 aromatic rings. The normalized spacial score (nSPS) is 9.72. The van der Waals surface area contributed by atoms with Crippen LogP contribution < -0.4 is 5.32 Å².